The Morgan fingerprint density at radius 2 is 1.95 bits per heavy atom. The van der Waals surface area contributed by atoms with Gasteiger partial charge in [0.25, 0.3) is 0 Å². The molecule has 0 radical (unpaired) electrons. The summed E-state index contributed by atoms with van der Waals surface area (Å²) in [6.07, 6.45) is 1.25. The van der Waals surface area contributed by atoms with Gasteiger partial charge in [-0.2, -0.15) is 0 Å². The molecule has 0 aliphatic carbocycles. The monoisotopic (exact) mass is 286 g/mol. The van der Waals surface area contributed by atoms with E-state index < -0.39 is 0 Å². The molecule has 0 spiro atoms. The summed E-state index contributed by atoms with van der Waals surface area (Å²) < 4.78 is 19.8. The second kappa shape index (κ2) is 7.02. The molecule has 1 unspecified atom stereocenters. The van der Waals surface area contributed by atoms with Crippen molar-refractivity contribution >= 4 is 6.29 Å². The van der Waals surface area contributed by atoms with Gasteiger partial charge in [-0.05, 0) is 35.6 Å². The first kappa shape index (κ1) is 15.2. The van der Waals surface area contributed by atoms with Crippen molar-refractivity contribution in [2.45, 2.75) is 32.8 Å². The number of carbonyl (C=O) groups is 1. The molecule has 0 fully saturated rings. The molecule has 2 rings (SSSR count). The van der Waals surface area contributed by atoms with Crippen molar-refractivity contribution in [1.29, 1.82) is 0 Å². The second-order valence-electron chi connectivity index (χ2n) is 5.23. The van der Waals surface area contributed by atoms with Crippen molar-refractivity contribution < 1.29 is 13.9 Å². The third-order valence-electron chi connectivity index (χ3n) is 3.50. The van der Waals surface area contributed by atoms with Crippen LogP contribution < -0.4 is 4.74 Å². The van der Waals surface area contributed by atoms with Gasteiger partial charge in [-0.15, -0.1) is 0 Å². The minimum atomic E-state index is -0.376. The molecule has 0 aromatic heterocycles. The predicted octanol–water partition coefficient (Wildman–Crippen LogP) is 4.41. The molecule has 0 aliphatic rings. The first-order valence-corrected chi connectivity index (χ1v) is 7.02. The first-order valence-electron chi connectivity index (χ1n) is 7.02. The first-order chi connectivity index (χ1) is 10.1. The number of hydrogen-bond donors (Lipinski definition) is 0. The molecule has 110 valence electrons. The van der Waals surface area contributed by atoms with Crippen LogP contribution >= 0.6 is 0 Å². The Kier molecular flexibility index (Phi) is 5.09. The van der Waals surface area contributed by atoms with E-state index in [1.165, 1.54) is 6.07 Å². The molecule has 0 heterocycles. The highest BCUT2D eigenvalue weighted by atomic mass is 19.1. The zero-order chi connectivity index (χ0) is 15.2. The van der Waals surface area contributed by atoms with Crippen LogP contribution in [0.15, 0.2) is 42.5 Å². The number of aryl methyl sites for hydroxylation is 1. The summed E-state index contributed by atoms with van der Waals surface area (Å²) in [6.45, 7) is 4.06. The molecule has 0 saturated carbocycles. The third-order valence-corrected chi connectivity index (χ3v) is 3.50. The maximum Gasteiger partial charge on any atom is 0.165 e. The molecule has 2 aromatic rings. The van der Waals surface area contributed by atoms with E-state index in [4.69, 9.17) is 4.74 Å². The number of aldehydes is 1. The normalized spacial score (nSPS) is 12.0. The summed E-state index contributed by atoms with van der Waals surface area (Å²) in [6, 6.07) is 13.0. The summed E-state index contributed by atoms with van der Waals surface area (Å²) in [5.41, 5.74) is 2.57. The molecule has 0 N–H and O–H groups in total. The average Bonchev–Trinajstić information content (AvgIpc) is 2.47. The van der Waals surface area contributed by atoms with E-state index in [0.29, 0.717) is 13.0 Å². The molecule has 2 aromatic carbocycles. The van der Waals surface area contributed by atoms with E-state index in [1.54, 1.807) is 0 Å². The summed E-state index contributed by atoms with van der Waals surface area (Å²) in [7, 11) is 0. The van der Waals surface area contributed by atoms with Gasteiger partial charge in [0.2, 0.25) is 0 Å². The summed E-state index contributed by atoms with van der Waals surface area (Å²) in [4.78, 5) is 10.6. The minimum absolute atomic E-state index is 0.0128. The molecule has 0 aliphatic heterocycles. The summed E-state index contributed by atoms with van der Waals surface area (Å²) >= 11 is 0. The fourth-order valence-electron chi connectivity index (χ4n) is 2.23. The summed E-state index contributed by atoms with van der Waals surface area (Å²) in [5, 5.41) is 0. The summed E-state index contributed by atoms with van der Waals surface area (Å²) in [5.74, 6) is -0.0848. The van der Waals surface area contributed by atoms with Gasteiger partial charge in [-0.25, -0.2) is 4.39 Å². The Morgan fingerprint density at radius 3 is 2.57 bits per heavy atom. The maximum atomic E-state index is 14.2. The number of rotatable bonds is 6. The lowest BCUT2D eigenvalue weighted by atomic mass is 9.96. The van der Waals surface area contributed by atoms with Crippen LogP contribution in [0.25, 0.3) is 0 Å². The zero-order valence-corrected chi connectivity index (χ0v) is 12.3. The molecule has 3 heteroatoms. The van der Waals surface area contributed by atoms with Gasteiger partial charge in [0.15, 0.2) is 11.6 Å². The molecular formula is C18H19FO2. The molecular weight excluding hydrogens is 267 g/mol. The quantitative estimate of drug-likeness (QED) is 0.735. The van der Waals surface area contributed by atoms with Gasteiger partial charge in [-0.1, -0.05) is 43.3 Å². The Morgan fingerprint density at radius 1 is 1.24 bits per heavy atom. The second-order valence-corrected chi connectivity index (χ2v) is 5.23. The largest absolute Gasteiger partial charge is 0.486 e. The van der Waals surface area contributed by atoms with Crippen molar-refractivity contribution in [3.8, 4) is 5.75 Å². The Bertz CT molecular complexity index is 585. The Labute approximate surface area is 124 Å². The third kappa shape index (κ3) is 3.91. The highest BCUT2D eigenvalue weighted by molar-refractivity contribution is 5.52. The van der Waals surface area contributed by atoms with Crippen molar-refractivity contribution in [2.75, 3.05) is 0 Å². The van der Waals surface area contributed by atoms with E-state index in [-0.39, 0.29) is 17.5 Å². The van der Waals surface area contributed by atoms with Crippen LogP contribution in [0.4, 0.5) is 4.39 Å². The van der Waals surface area contributed by atoms with E-state index in [2.05, 4.69) is 0 Å². The van der Waals surface area contributed by atoms with Gasteiger partial charge >= 0.3 is 0 Å². The topological polar surface area (TPSA) is 26.3 Å². The van der Waals surface area contributed by atoms with Crippen LogP contribution in [0.3, 0.4) is 0 Å². The van der Waals surface area contributed by atoms with E-state index in [1.807, 2.05) is 50.2 Å². The van der Waals surface area contributed by atoms with Crippen molar-refractivity contribution in [3.05, 3.63) is 65.0 Å². The fraction of sp³-hybridized carbons (Fsp3) is 0.278. The van der Waals surface area contributed by atoms with Crippen molar-refractivity contribution in [3.63, 3.8) is 0 Å². The van der Waals surface area contributed by atoms with E-state index in [9.17, 15) is 9.18 Å². The van der Waals surface area contributed by atoms with Crippen LogP contribution in [0.1, 0.15) is 36.0 Å². The van der Waals surface area contributed by atoms with E-state index in [0.717, 1.165) is 23.0 Å². The van der Waals surface area contributed by atoms with Crippen molar-refractivity contribution in [1.82, 2.24) is 0 Å². The van der Waals surface area contributed by atoms with Gasteiger partial charge < -0.3 is 9.53 Å². The smallest absolute Gasteiger partial charge is 0.165 e. The van der Waals surface area contributed by atoms with Crippen molar-refractivity contribution in [2.24, 2.45) is 0 Å². The predicted molar refractivity (Wildman–Crippen MR) is 81.0 cm³/mol. The minimum Gasteiger partial charge on any atom is -0.486 e. The van der Waals surface area contributed by atoms with Gasteiger partial charge in [0.05, 0.1) is 0 Å². The maximum absolute atomic E-state index is 14.2. The van der Waals surface area contributed by atoms with Crippen LogP contribution in [-0.4, -0.2) is 6.29 Å². The highest BCUT2D eigenvalue weighted by Crippen LogP contribution is 2.29. The standard InChI is InChI=1S/C18H19FO2/c1-13(8-9-20)16-10-14(2)18(17(19)11-16)21-12-15-6-4-3-5-7-15/h3-7,9-11,13H,8,12H2,1-2H3. The highest BCUT2D eigenvalue weighted by Gasteiger charge is 2.13. The fourth-order valence-corrected chi connectivity index (χ4v) is 2.23. The van der Waals surface area contributed by atoms with Gasteiger partial charge in [-0.3, -0.25) is 0 Å². The zero-order valence-electron chi connectivity index (χ0n) is 12.3. The number of ether oxygens (including phenoxy) is 1. The molecule has 2 nitrogen and oxygen atoms in total. The van der Waals surface area contributed by atoms with E-state index >= 15 is 0 Å². The average molecular weight is 286 g/mol. The van der Waals surface area contributed by atoms with Crippen LogP contribution in [0.5, 0.6) is 5.75 Å². The molecule has 21 heavy (non-hydrogen) atoms. The SMILES string of the molecule is Cc1cc(C(C)CC=O)cc(F)c1OCc1ccccc1. The number of carbonyl (C=O) groups excluding carboxylic acids is 1. The van der Waals surface area contributed by atoms with Crippen LogP contribution in [0.2, 0.25) is 0 Å². The molecule has 0 bridgehead atoms. The lowest BCUT2D eigenvalue weighted by molar-refractivity contribution is -0.108. The van der Waals surface area contributed by atoms with Gasteiger partial charge in [0, 0.05) is 6.42 Å². The lowest BCUT2D eigenvalue weighted by Crippen LogP contribution is -2.02. The molecule has 0 amide bonds. The number of halogens is 1. The van der Waals surface area contributed by atoms with Crippen LogP contribution in [-0.2, 0) is 11.4 Å². The lowest BCUT2D eigenvalue weighted by Gasteiger charge is -2.14. The number of hydrogen-bond acceptors (Lipinski definition) is 2. The van der Waals surface area contributed by atoms with Gasteiger partial charge in [0.1, 0.15) is 12.9 Å². The number of benzene rings is 2. The Hall–Kier alpha value is -2.16. The Balaban J connectivity index is 2.15. The van der Waals surface area contributed by atoms with Crippen LogP contribution in [0, 0.1) is 12.7 Å². The molecule has 0 saturated heterocycles. The molecule has 1 atom stereocenters.